The Bertz CT molecular complexity index is 908. The number of carbonyl (C=O) groups is 1. The molecule has 0 fully saturated rings. The maximum Gasteiger partial charge on any atom is 0.244 e. The first-order chi connectivity index (χ1) is 12.6. The molecule has 0 radical (unpaired) electrons. The molecule has 7 heteroatoms. The number of carbonyl (C=O) groups excluding carboxylic acids is 1. The van der Waals surface area contributed by atoms with Crippen molar-refractivity contribution in [2.24, 2.45) is 5.10 Å². The number of hydrazone groups is 1. The molecule has 0 unspecified atom stereocenters. The monoisotopic (exact) mass is 388 g/mol. The molecule has 0 aliphatic rings. The van der Waals surface area contributed by atoms with Gasteiger partial charge in [-0.1, -0.05) is 35.5 Å². The van der Waals surface area contributed by atoms with Crippen LogP contribution in [0.25, 0.3) is 0 Å². The lowest BCUT2D eigenvalue weighted by Crippen LogP contribution is -2.19. The summed E-state index contributed by atoms with van der Waals surface area (Å²) in [5.74, 6) is -0.115. The van der Waals surface area contributed by atoms with Gasteiger partial charge < -0.3 is 4.42 Å². The number of benzene rings is 2. The van der Waals surface area contributed by atoms with E-state index < -0.39 is 0 Å². The van der Waals surface area contributed by atoms with Crippen LogP contribution in [0.2, 0.25) is 5.02 Å². The van der Waals surface area contributed by atoms with Crippen LogP contribution in [0.15, 0.2) is 80.2 Å². The Morgan fingerprint density at radius 1 is 1.12 bits per heavy atom. The summed E-state index contributed by atoms with van der Waals surface area (Å²) in [6, 6.07) is 16.8. The molecule has 2 aromatic carbocycles. The molecule has 26 heavy (non-hydrogen) atoms. The van der Waals surface area contributed by atoms with Crippen LogP contribution in [0.3, 0.4) is 0 Å². The van der Waals surface area contributed by atoms with Gasteiger partial charge in [-0.15, -0.1) is 0 Å². The van der Waals surface area contributed by atoms with Crippen LogP contribution in [-0.4, -0.2) is 12.1 Å². The third-order valence-corrected chi connectivity index (χ3v) is 4.47. The summed E-state index contributed by atoms with van der Waals surface area (Å²) in [7, 11) is 0. The van der Waals surface area contributed by atoms with Crippen molar-refractivity contribution in [2.45, 2.75) is 16.4 Å². The van der Waals surface area contributed by atoms with Crippen molar-refractivity contribution in [3.63, 3.8) is 0 Å². The van der Waals surface area contributed by atoms with Gasteiger partial charge >= 0.3 is 0 Å². The van der Waals surface area contributed by atoms with Crippen LogP contribution >= 0.6 is 23.4 Å². The van der Waals surface area contributed by atoms with Gasteiger partial charge in [0.1, 0.15) is 11.6 Å². The molecule has 3 aromatic rings. The minimum Gasteiger partial charge on any atom is -0.448 e. The van der Waals surface area contributed by atoms with Crippen molar-refractivity contribution in [2.75, 3.05) is 0 Å². The lowest BCUT2D eigenvalue weighted by Gasteiger charge is -2.00. The van der Waals surface area contributed by atoms with Crippen LogP contribution in [0.5, 0.6) is 0 Å². The topological polar surface area (TPSA) is 54.6 Å². The van der Waals surface area contributed by atoms with E-state index in [1.54, 1.807) is 18.2 Å². The molecule has 0 saturated heterocycles. The Balaban J connectivity index is 1.51. The number of hydrogen-bond donors (Lipinski definition) is 1. The van der Waals surface area contributed by atoms with E-state index in [-0.39, 0.29) is 18.1 Å². The molecular formula is C19H14ClFN2O2S. The van der Waals surface area contributed by atoms with Crippen molar-refractivity contribution in [3.05, 3.63) is 82.8 Å². The van der Waals surface area contributed by atoms with E-state index in [0.717, 1.165) is 4.90 Å². The highest BCUT2D eigenvalue weighted by Crippen LogP contribution is 2.29. The second-order valence-corrected chi connectivity index (χ2v) is 6.82. The minimum atomic E-state index is -0.336. The molecule has 0 aliphatic carbocycles. The summed E-state index contributed by atoms with van der Waals surface area (Å²) in [5.41, 5.74) is 3.12. The lowest BCUT2D eigenvalue weighted by atomic mass is 10.1. The maximum atomic E-state index is 12.8. The Morgan fingerprint density at radius 2 is 1.85 bits per heavy atom. The summed E-state index contributed by atoms with van der Waals surface area (Å²) in [4.78, 5) is 12.8. The summed E-state index contributed by atoms with van der Waals surface area (Å²) in [6.07, 6.45) is 1.54. The second kappa shape index (κ2) is 8.69. The number of furan rings is 1. The van der Waals surface area contributed by atoms with E-state index in [9.17, 15) is 9.18 Å². The summed E-state index contributed by atoms with van der Waals surface area (Å²) < 4.78 is 18.4. The first-order valence-electron chi connectivity index (χ1n) is 7.68. The predicted octanol–water partition coefficient (Wildman–Crippen LogP) is 4.92. The van der Waals surface area contributed by atoms with Gasteiger partial charge in [0.15, 0.2) is 5.09 Å². The third kappa shape index (κ3) is 5.47. The molecule has 0 saturated carbocycles. The highest BCUT2D eigenvalue weighted by molar-refractivity contribution is 7.99. The van der Waals surface area contributed by atoms with Gasteiger partial charge in [-0.25, -0.2) is 9.82 Å². The van der Waals surface area contributed by atoms with Crippen LogP contribution in [0.4, 0.5) is 4.39 Å². The fraction of sp³-hybridized carbons (Fsp3) is 0.0526. The predicted molar refractivity (Wildman–Crippen MR) is 100 cm³/mol. The van der Waals surface area contributed by atoms with Gasteiger partial charge in [-0.3, -0.25) is 4.79 Å². The molecule has 0 spiro atoms. The molecule has 0 aliphatic heterocycles. The Hall–Kier alpha value is -2.57. The molecule has 1 heterocycles. The van der Waals surface area contributed by atoms with E-state index in [4.69, 9.17) is 16.0 Å². The first-order valence-corrected chi connectivity index (χ1v) is 8.87. The largest absolute Gasteiger partial charge is 0.448 e. The van der Waals surface area contributed by atoms with E-state index in [2.05, 4.69) is 10.5 Å². The zero-order valence-electron chi connectivity index (χ0n) is 13.5. The number of hydrogen-bond acceptors (Lipinski definition) is 4. The highest BCUT2D eigenvalue weighted by atomic mass is 35.5. The maximum absolute atomic E-state index is 12.8. The zero-order chi connectivity index (χ0) is 18.4. The van der Waals surface area contributed by atoms with Crippen LogP contribution in [0.1, 0.15) is 11.3 Å². The highest BCUT2D eigenvalue weighted by Gasteiger charge is 2.04. The van der Waals surface area contributed by atoms with Crippen molar-refractivity contribution < 1.29 is 13.6 Å². The normalized spacial score (nSPS) is 11.0. The molecule has 4 nitrogen and oxygen atoms in total. The number of nitrogens with one attached hydrogen (secondary N) is 1. The summed E-state index contributed by atoms with van der Waals surface area (Å²) in [6.45, 7) is 0. The first kappa shape index (κ1) is 18.2. The lowest BCUT2D eigenvalue weighted by molar-refractivity contribution is -0.120. The third-order valence-electron chi connectivity index (χ3n) is 3.29. The molecule has 132 valence electrons. The van der Waals surface area contributed by atoms with Gasteiger partial charge in [0.05, 0.1) is 12.6 Å². The van der Waals surface area contributed by atoms with Crippen LogP contribution < -0.4 is 5.43 Å². The standard InChI is InChI=1S/C19H14ClFN2O2S/c20-14-3-8-17(9-4-14)26-19-10-7-16(25-19)12-22-23-18(24)11-13-1-5-15(21)6-2-13/h1-10,12H,11H2,(H,23,24)/b22-12+. The van der Waals surface area contributed by atoms with Crippen molar-refractivity contribution in [1.82, 2.24) is 5.43 Å². The molecule has 3 rings (SSSR count). The molecule has 0 bridgehead atoms. The van der Waals surface area contributed by atoms with E-state index in [1.807, 2.05) is 30.3 Å². The molecule has 1 N–H and O–H groups in total. The fourth-order valence-corrected chi connectivity index (χ4v) is 2.98. The van der Waals surface area contributed by atoms with Crippen LogP contribution in [-0.2, 0) is 11.2 Å². The Kier molecular flexibility index (Phi) is 6.09. The van der Waals surface area contributed by atoms with Gasteiger partial charge in [-0.2, -0.15) is 5.10 Å². The SMILES string of the molecule is O=C(Cc1ccc(F)cc1)N/N=C/c1ccc(Sc2ccc(Cl)cc2)o1. The van der Waals surface area contributed by atoms with E-state index in [1.165, 1.54) is 30.1 Å². The minimum absolute atomic E-state index is 0.118. The number of halogens is 2. The van der Waals surface area contributed by atoms with Crippen molar-refractivity contribution in [3.8, 4) is 0 Å². The molecule has 1 amide bonds. The second-order valence-electron chi connectivity index (χ2n) is 5.31. The smallest absolute Gasteiger partial charge is 0.244 e. The Labute approximate surface area is 159 Å². The van der Waals surface area contributed by atoms with E-state index in [0.29, 0.717) is 21.4 Å². The quantitative estimate of drug-likeness (QED) is 0.482. The van der Waals surface area contributed by atoms with Gasteiger partial charge in [0.2, 0.25) is 5.91 Å². The molecular weight excluding hydrogens is 375 g/mol. The number of amides is 1. The van der Waals surface area contributed by atoms with Gasteiger partial charge in [0.25, 0.3) is 0 Å². The van der Waals surface area contributed by atoms with Gasteiger partial charge in [0, 0.05) is 9.92 Å². The van der Waals surface area contributed by atoms with Crippen LogP contribution in [0, 0.1) is 5.82 Å². The number of rotatable bonds is 6. The molecule has 0 atom stereocenters. The average Bonchev–Trinajstić information content (AvgIpc) is 3.06. The average molecular weight is 389 g/mol. The van der Waals surface area contributed by atoms with Crippen molar-refractivity contribution >= 4 is 35.5 Å². The zero-order valence-corrected chi connectivity index (χ0v) is 15.1. The number of nitrogens with zero attached hydrogens (tertiary/aromatic N) is 1. The van der Waals surface area contributed by atoms with Crippen molar-refractivity contribution in [1.29, 1.82) is 0 Å². The fourth-order valence-electron chi connectivity index (χ4n) is 2.07. The molecule has 1 aromatic heterocycles. The van der Waals surface area contributed by atoms with Gasteiger partial charge in [-0.05, 0) is 54.1 Å². The Morgan fingerprint density at radius 3 is 2.58 bits per heavy atom. The van der Waals surface area contributed by atoms with E-state index >= 15 is 0 Å². The summed E-state index contributed by atoms with van der Waals surface area (Å²) in [5, 5.41) is 5.25. The summed E-state index contributed by atoms with van der Waals surface area (Å²) >= 11 is 7.31.